The van der Waals surface area contributed by atoms with Crippen LogP contribution in [0.5, 0.6) is 5.75 Å². The number of carbonyl (C=O) groups excluding carboxylic acids is 3. The fourth-order valence-electron chi connectivity index (χ4n) is 3.14. The number of ether oxygens (including phenoxy) is 2. The average molecular weight is 584 g/mol. The highest BCUT2D eigenvalue weighted by Crippen LogP contribution is 2.42. The summed E-state index contributed by atoms with van der Waals surface area (Å²) in [4.78, 5) is 38.4. The molecule has 1 heterocycles. The Balaban J connectivity index is 1.80. The van der Waals surface area contributed by atoms with Crippen molar-refractivity contribution in [3.8, 4) is 5.75 Å². The molecule has 2 aromatic rings. The first-order valence-electron chi connectivity index (χ1n) is 10.0. The molecule has 3 amide bonds. The minimum Gasteiger partial charge on any atom is -0.406 e. The van der Waals surface area contributed by atoms with E-state index in [0.717, 1.165) is 6.07 Å². The van der Waals surface area contributed by atoms with Gasteiger partial charge in [-0.25, -0.2) is 0 Å². The number of alkyl halides is 6. The number of nitrogens with zero attached hydrogens (tertiary/aromatic N) is 1. The van der Waals surface area contributed by atoms with Gasteiger partial charge in [-0.05, 0) is 46.3 Å². The zero-order valence-corrected chi connectivity index (χ0v) is 19.5. The van der Waals surface area contributed by atoms with Gasteiger partial charge in [0, 0.05) is 28.8 Å². The topological polar surface area (TPSA) is 97.0 Å². The zero-order chi connectivity index (χ0) is 26.7. The third-order valence-electron chi connectivity index (χ3n) is 4.72. The lowest BCUT2D eigenvalue weighted by molar-refractivity contribution is -0.274. The van der Waals surface area contributed by atoms with E-state index in [9.17, 15) is 40.7 Å². The Bertz CT molecular complexity index is 1170. The number of halogens is 7. The monoisotopic (exact) mass is 583 g/mol. The lowest BCUT2D eigenvalue weighted by Gasteiger charge is -2.26. The summed E-state index contributed by atoms with van der Waals surface area (Å²) in [5.74, 6) is -4.03. The SMILES string of the molecule is O=C(Nc1cccc(C(=O)Nc2c(Br)cc(OC(F)(F)F)cc2C(F)(F)F)c1)C(=O)N1CCOCC1. The van der Waals surface area contributed by atoms with E-state index in [1.807, 2.05) is 5.32 Å². The minimum absolute atomic E-state index is 0.0123. The van der Waals surface area contributed by atoms with E-state index in [4.69, 9.17) is 4.74 Å². The summed E-state index contributed by atoms with van der Waals surface area (Å²) in [6.45, 7) is 0.983. The molecule has 2 N–H and O–H groups in total. The first-order chi connectivity index (χ1) is 16.7. The number of rotatable bonds is 4. The largest absolute Gasteiger partial charge is 0.573 e. The second-order valence-corrected chi connectivity index (χ2v) is 8.12. The van der Waals surface area contributed by atoms with Gasteiger partial charge < -0.3 is 25.0 Å². The van der Waals surface area contributed by atoms with Gasteiger partial charge in [-0.1, -0.05) is 6.07 Å². The van der Waals surface area contributed by atoms with Crippen LogP contribution in [0.1, 0.15) is 15.9 Å². The maximum atomic E-state index is 13.5. The van der Waals surface area contributed by atoms with E-state index in [-0.39, 0.29) is 43.6 Å². The standard InChI is InChI=1S/C21H16BrF6N3O5/c22-15-10-13(36-21(26,27)28)9-14(20(23,24)25)16(15)30-17(32)11-2-1-3-12(8-11)29-18(33)19(34)31-4-6-35-7-5-31/h1-3,8-10H,4-7H2,(H,29,33)(H,30,32). The van der Waals surface area contributed by atoms with Crippen molar-refractivity contribution in [2.45, 2.75) is 12.5 Å². The molecule has 8 nitrogen and oxygen atoms in total. The Morgan fingerprint density at radius 2 is 1.64 bits per heavy atom. The van der Waals surface area contributed by atoms with E-state index in [1.165, 1.54) is 23.1 Å². The fraction of sp³-hybridized carbons (Fsp3) is 0.286. The van der Waals surface area contributed by atoms with Crippen LogP contribution in [0.3, 0.4) is 0 Å². The Kier molecular flexibility index (Phi) is 8.13. The minimum atomic E-state index is -5.24. The van der Waals surface area contributed by atoms with Gasteiger partial charge in [0.1, 0.15) is 5.75 Å². The maximum absolute atomic E-state index is 13.5. The number of nitrogens with one attached hydrogen (secondary N) is 2. The molecular formula is C21H16BrF6N3O5. The predicted molar refractivity (Wildman–Crippen MR) is 116 cm³/mol. The molecule has 0 spiro atoms. The van der Waals surface area contributed by atoms with Crippen molar-refractivity contribution in [3.63, 3.8) is 0 Å². The molecule has 0 radical (unpaired) electrons. The third kappa shape index (κ3) is 7.10. The molecule has 3 rings (SSSR count). The summed E-state index contributed by atoms with van der Waals surface area (Å²) in [6.07, 6.45) is -10.4. The van der Waals surface area contributed by atoms with Crippen LogP contribution in [0.4, 0.5) is 37.7 Å². The van der Waals surface area contributed by atoms with Crippen LogP contribution in [0, 0.1) is 0 Å². The van der Waals surface area contributed by atoms with Gasteiger partial charge in [0.15, 0.2) is 0 Å². The van der Waals surface area contributed by atoms with Crippen molar-refractivity contribution in [1.29, 1.82) is 0 Å². The van der Waals surface area contributed by atoms with E-state index in [1.54, 1.807) is 0 Å². The van der Waals surface area contributed by atoms with Crippen LogP contribution in [-0.2, 0) is 20.5 Å². The van der Waals surface area contributed by atoms with Gasteiger partial charge >= 0.3 is 24.4 Å². The number of amides is 3. The Labute approximate surface area is 207 Å². The molecule has 1 aliphatic heterocycles. The van der Waals surface area contributed by atoms with Gasteiger partial charge in [-0.3, -0.25) is 14.4 Å². The maximum Gasteiger partial charge on any atom is 0.573 e. The molecule has 0 saturated carbocycles. The van der Waals surface area contributed by atoms with Crippen LogP contribution >= 0.6 is 15.9 Å². The molecule has 1 fully saturated rings. The second kappa shape index (κ2) is 10.7. The molecule has 194 valence electrons. The molecular weight excluding hydrogens is 568 g/mol. The third-order valence-corrected chi connectivity index (χ3v) is 5.34. The van der Waals surface area contributed by atoms with E-state index < -0.39 is 51.7 Å². The summed E-state index contributed by atoms with van der Waals surface area (Å²) in [5.41, 5.74) is -2.63. The van der Waals surface area contributed by atoms with Crippen molar-refractivity contribution >= 4 is 45.0 Å². The van der Waals surface area contributed by atoms with Crippen molar-refractivity contribution in [2.24, 2.45) is 0 Å². The Morgan fingerprint density at radius 1 is 0.972 bits per heavy atom. The van der Waals surface area contributed by atoms with Gasteiger partial charge in [0.2, 0.25) is 0 Å². The average Bonchev–Trinajstić information content (AvgIpc) is 2.79. The summed E-state index contributed by atoms with van der Waals surface area (Å²) in [6, 6.07) is 5.71. The van der Waals surface area contributed by atoms with Crippen molar-refractivity contribution in [2.75, 3.05) is 36.9 Å². The quantitative estimate of drug-likeness (QED) is 0.410. The van der Waals surface area contributed by atoms with Gasteiger partial charge in [-0.15, -0.1) is 13.2 Å². The number of hydrogen-bond acceptors (Lipinski definition) is 5. The van der Waals surface area contributed by atoms with E-state index >= 15 is 0 Å². The molecule has 0 aliphatic carbocycles. The summed E-state index contributed by atoms with van der Waals surface area (Å²) in [5, 5.41) is 4.31. The number of anilines is 2. The van der Waals surface area contributed by atoms with Crippen molar-refractivity contribution in [1.82, 2.24) is 4.90 Å². The number of hydrogen-bond donors (Lipinski definition) is 2. The van der Waals surface area contributed by atoms with Gasteiger partial charge in [-0.2, -0.15) is 13.2 Å². The predicted octanol–water partition coefficient (Wildman–Crippen LogP) is 4.42. The normalized spacial score (nSPS) is 14.2. The smallest absolute Gasteiger partial charge is 0.406 e. The highest BCUT2D eigenvalue weighted by Gasteiger charge is 2.38. The first-order valence-corrected chi connectivity index (χ1v) is 10.8. The van der Waals surface area contributed by atoms with Crippen LogP contribution in [0.15, 0.2) is 40.9 Å². The molecule has 36 heavy (non-hydrogen) atoms. The molecule has 1 aliphatic rings. The highest BCUT2D eigenvalue weighted by molar-refractivity contribution is 9.10. The van der Waals surface area contributed by atoms with Crippen LogP contribution < -0.4 is 15.4 Å². The molecule has 0 bridgehead atoms. The Hall–Kier alpha value is -3.33. The molecule has 0 atom stereocenters. The zero-order valence-electron chi connectivity index (χ0n) is 17.9. The first kappa shape index (κ1) is 27.3. The van der Waals surface area contributed by atoms with Crippen molar-refractivity contribution < 1.29 is 50.2 Å². The number of benzene rings is 2. The van der Waals surface area contributed by atoms with Crippen LogP contribution in [-0.4, -0.2) is 55.3 Å². The highest BCUT2D eigenvalue weighted by atomic mass is 79.9. The molecule has 1 saturated heterocycles. The lowest BCUT2D eigenvalue weighted by Crippen LogP contribution is -2.45. The van der Waals surface area contributed by atoms with Crippen LogP contribution in [0.2, 0.25) is 0 Å². The van der Waals surface area contributed by atoms with Gasteiger partial charge in [0.25, 0.3) is 5.91 Å². The summed E-state index contributed by atoms with van der Waals surface area (Å²) < 4.78 is 86.1. The second-order valence-electron chi connectivity index (χ2n) is 7.27. The van der Waals surface area contributed by atoms with Crippen molar-refractivity contribution in [3.05, 3.63) is 52.0 Å². The lowest BCUT2D eigenvalue weighted by atomic mass is 10.1. The number of carbonyl (C=O) groups is 3. The van der Waals surface area contributed by atoms with Crippen LogP contribution in [0.25, 0.3) is 0 Å². The number of morpholine rings is 1. The van der Waals surface area contributed by atoms with Gasteiger partial charge in [0.05, 0.1) is 24.5 Å². The van der Waals surface area contributed by atoms with E-state index in [0.29, 0.717) is 6.07 Å². The molecule has 2 aromatic carbocycles. The molecule has 0 aromatic heterocycles. The summed E-state index contributed by atoms with van der Waals surface area (Å²) >= 11 is 2.73. The summed E-state index contributed by atoms with van der Waals surface area (Å²) in [7, 11) is 0. The fourth-order valence-corrected chi connectivity index (χ4v) is 3.68. The molecule has 0 unspecified atom stereocenters. The van der Waals surface area contributed by atoms with E-state index in [2.05, 4.69) is 26.0 Å². The Morgan fingerprint density at radius 3 is 2.25 bits per heavy atom. The molecule has 15 heteroatoms.